The first-order valence-corrected chi connectivity index (χ1v) is 7.73. The molecule has 2 aromatic heterocycles. The fraction of sp³-hybridized carbons (Fsp3) is 0.235. The summed E-state index contributed by atoms with van der Waals surface area (Å²) in [5.74, 6) is 1.33. The lowest BCUT2D eigenvalue weighted by molar-refractivity contribution is -0.137. The molecule has 3 rings (SSSR count). The number of halogens is 3. The van der Waals surface area contributed by atoms with Gasteiger partial charge >= 0.3 is 6.18 Å². The van der Waals surface area contributed by atoms with Crippen LogP contribution in [0.15, 0.2) is 36.5 Å². The highest BCUT2D eigenvalue weighted by Crippen LogP contribution is 2.29. The zero-order valence-corrected chi connectivity index (χ0v) is 13.5. The number of alkyl halides is 3. The van der Waals surface area contributed by atoms with Gasteiger partial charge in [0.25, 0.3) is 0 Å². The highest BCUT2D eigenvalue weighted by molar-refractivity contribution is 5.66. The third-order valence-electron chi connectivity index (χ3n) is 3.60. The molecule has 0 saturated carbocycles. The number of hydrogen-bond donors (Lipinski definition) is 1. The minimum Gasteiger partial charge on any atom is -0.281 e. The number of benzene rings is 1. The smallest absolute Gasteiger partial charge is 0.281 e. The van der Waals surface area contributed by atoms with Crippen LogP contribution < -0.4 is 0 Å². The third kappa shape index (κ3) is 4.14. The standard InChI is InChI=1S/C17H16F3N5/c1-2-15-22-16(25(24-15)11-14-9-10-21-23-14)8-5-12-3-6-13(7-4-12)17(18,19)20/h3-10H,2,11H2,1H3,(H,21,23)/b8-5+. The van der Waals surface area contributed by atoms with Crippen molar-refractivity contribution < 1.29 is 13.2 Å². The molecule has 0 aliphatic carbocycles. The first-order valence-electron chi connectivity index (χ1n) is 7.73. The van der Waals surface area contributed by atoms with Gasteiger partial charge in [-0.15, -0.1) is 0 Å². The average molecular weight is 347 g/mol. The Morgan fingerprint density at radius 1 is 1.12 bits per heavy atom. The van der Waals surface area contributed by atoms with Crippen molar-refractivity contribution in [3.05, 3.63) is 65.0 Å². The number of aromatic amines is 1. The van der Waals surface area contributed by atoms with E-state index in [-0.39, 0.29) is 0 Å². The molecule has 0 radical (unpaired) electrons. The maximum atomic E-state index is 12.6. The first kappa shape index (κ1) is 16.9. The Kier molecular flexibility index (Phi) is 4.69. The summed E-state index contributed by atoms with van der Waals surface area (Å²) in [4.78, 5) is 4.43. The zero-order valence-electron chi connectivity index (χ0n) is 13.5. The second kappa shape index (κ2) is 6.92. The van der Waals surface area contributed by atoms with Crippen LogP contribution in [-0.4, -0.2) is 25.0 Å². The van der Waals surface area contributed by atoms with Crippen molar-refractivity contribution in [2.24, 2.45) is 0 Å². The summed E-state index contributed by atoms with van der Waals surface area (Å²) in [5, 5.41) is 11.2. The monoisotopic (exact) mass is 347 g/mol. The summed E-state index contributed by atoms with van der Waals surface area (Å²) in [7, 11) is 0. The molecule has 0 amide bonds. The number of aryl methyl sites for hydroxylation is 1. The largest absolute Gasteiger partial charge is 0.416 e. The normalized spacial score (nSPS) is 12.2. The first-order chi connectivity index (χ1) is 12.0. The highest BCUT2D eigenvalue weighted by Gasteiger charge is 2.29. The minimum atomic E-state index is -4.33. The number of nitrogens with zero attached hydrogens (tertiary/aromatic N) is 4. The predicted molar refractivity (Wildman–Crippen MR) is 87.5 cm³/mol. The molecule has 0 unspecified atom stereocenters. The molecule has 2 heterocycles. The number of nitrogens with one attached hydrogen (secondary N) is 1. The quantitative estimate of drug-likeness (QED) is 0.764. The zero-order chi connectivity index (χ0) is 17.9. The molecule has 0 aliphatic heterocycles. The topological polar surface area (TPSA) is 59.4 Å². The van der Waals surface area contributed by atoms with E-state index in [1.54, 1.807) is 23.0 Å². The maximum Gasteiger partial charge on any atom is 0.416 e. The Labute approximate surface area is 142 Å². The van der Waals surface area contributed by atoms with Gasteiger partial charge in [-0.25, -0.2) is 9.67 Å². The number of aromatic nitrogens is 5. The van der Waals surface area contributed by atoms with Crippen molar-refractivity contribution in [1.29, 1.82) is 0 Å². The molecular formula is C17H16F3N5. The Morgan fingerprint density at radius 2 is 1.88 bits per heavy atom. The molecule has 1 aromatic carbocycles. The summed E-state index contributed by atoms with van der Waals surface area (Å²) in [5.41, 5.74) is 0.874. The molecule has 3 aromatic rings. The lowest BCUT2D eigenvalue weighted by atomic mass is 10.1. The van der Waals surface area contributed by atoms with Gasteiger partial charge in [0.05, 0.1) is 17.8 Å². The summed E-state index contributed by atoms with van der Waals surface area (Å²) in [6.45, 7) is 2.44. The van der Waals surface area contributed by atoms with E-state index in [0.29, 0.717) is 30.2 Å². The Morgan fingerprint density at radius 3 is 2.48 bits per heavy atom. The molecule has 0 spiro atoms. The molecule has 0 fully saturated rings. The molecule has 130 valence electrons. The van der Waals surface area contributed by atoms with Gasteiger partial charge < -0.3 is 0 Å². The van der Waals surface area contributed by atoms with E-state index in [1.807, 2.05) is 13.0 Å². The molecule has 25 heavy (non-hydrogen) atoms. The molecule has 0 aliphatic rings. The summed E-state index contributed by atoms with van der Waals surface area (Å²) in [6, 6.07) is 6.82. The third-order valence-corrected chi connectivity index (χ3v) is 3.60. The Balaban J connectivity index is 1.81. The lowest BCUT2D eigenvalue weighted by Gasteiger charge is -2.06. The van der Waals surface area contributed by atoms with Crippen LogP contribution in [0.1, 0.15) is 35.4 Å². The SMILES string of the molecule is CCc1nc(/C=C/c2ccc(C(F)(F)F)cc2)n(Cc2ccn[nH]2)n1. The molecule has 8 heteroatoms. The van der Waals surface area contributed by atoms with Crippen LogP contribution in [0.2, 0.25) is 0 Å². The van der Waals surface area contributed by atoms with Crippen LogP contribution in [0, 0.1) is 0 Å². The van der Waals surface area contributed by atoms with E-state index in [2.05, 4.69) is 20.3 Å². The van der Waals surface area contributed by atoms with E-state index in [9.17, 15) is 13.2 Å². The van der Waals surface area contributed by atoms with Crippen molar-refractivity contribution in [3.63, 3.8) is 0 Å². The number of hydrogen-bond acceptors (Lipinski definition) is 3. The van der Waals surface area contributed by atoms with Crippen LogP contribution >= 0.6 is 0 Å². The number of rotatable bonds is 5. The summed E-state index contributed by atoms with van der Waals surface area (Å²) >= 11 is 0. The second-order valence-electron chi connectivity index (χ2n) is 5.43. The lowest BCUT2D eigenvalue weighted by Crippen LogP contribution is -2.05. The van der Waals surface area contributed by atoms with E-state index >= 15 is 0 Å². The number of H-pyrrole nitrogens is 1. The van der Waals surface area contributed by atoms with Gasteiger partial charge in [-0.1, -0.05) is 25.1 Å². The van der Waals surface area contributed by atoms with E-state index in [0.717, 1.165) is 17.8 Å². The second-order valence-corrected chi connectivity index (χ2v) is 5.43. The van der Waals surface area contributed by atoms with Gasteiger partial charge in [0.2, 0.25) is 0 Å². The minimum absolute atomic E-state index is 0.486. The van der Waals surface area contributed by atoms with Crippen LogP contribution in [-0.2, 0) is 19.1 Å². The average Bonchev–Trinajstić information content (AvgIpc) is 3.22. The van der Waals surface area contributed by atoms with Crippen LogP contribution in [0.4, 0.5) is 13.2 Å². The summed E-state index contributed by atoms with van der Waals surface area (Å²) < 4.78 is 39.5. The van der Waals surface area contributed by atoms with Gasteiger partial charge in [0.1, 0.15) is 0 Å². The van der Waals surface area contributed by atoms with Gasteiger partial charge in [-0.3, -0.25) is 5.10 Å². The molecule has 5 nitrogen and oxygen atoms in total. The van der Waals surface area contributed by atoms with Gasteiger partial charge in [0.15, 0.2) is 11.6 Å². The van der Waals surface area contributed by atoms with Crippen molar-refractivity contribution >= 4 is 12.2 Å². The van der Waals surface area contributed by atoms with Crippen LogP contribution in [0.5, 0.6) is 0 Å². The molecule has 0 saturated heterocycles. The fourth-order valence-electron chi connectivity index (χ4n) is 2.28. The van der Waals surface area contributed by atoms with Crippen molar-refractivity contribution in [2.75, 3.05) is 0 Å². The highest BCUT2D eigenvalue weighted by atomic mass is 19.4. The Hall–Kier alpha value is -2.90. The van der Waals surface area contributed by atoms with E-state index in [4.69, 9.17) is 0 Å². The maximum absolute atomic E-state index is 12.6. The van der Waals surface area contributed by atoms with E-state index < -0.39 is 11.7 Å². The van der Waals surface area contributed by atoms with Gasteiger partial charge in [0, 0.05) is 12.6 Å². The van der Waals surface area contributed by atoms with Gasteiger partial charge in [-0.2, -0.15) is 23.4 Å². The molecular weight excluding hydrogens is 331 g/mol. The summed E-state index contributed by atoms with van der Waals surface area (Å²) in [6.07, 6.45) is 1.47. The molecule has 0 bridgehead atoms. The van der Waals surface area contributed by atoms with Gasteiger partial charge in [-0.05, 0) is 29.8 Å². The van der Waals surface area contributed by atoms with Crippen LogP contribution in [0.3, 0.4) is 0 Å². The fourth-order valence-corrected chi connectivity index (χ4v) is 2.28. The molecule has 1 N–H and O–H groups in total. The van der Waals surface area contributed by atoms with Crippen molar-refractivity contribution in [1.82, 2.24) is 25.0 Å². The van der Waals surface area contributed by atoms with Crippen molar-refractivity contribution in [2.45, 2.75) is 26.1 Å². The Bertz CT molecular complexity index is 846. The predicted octanol–water partition coefficient (Wildman–Crippen LogP) is 3.80. The van der Waals surface area contributed by atoms with Crippen molar-refractivity contribution in [3.8, 4) is 0 Å². The van der Waals surface area contributed by atoms with Crippen LogP contribution in [0.25, 0.3) is 12.2 Å². The molecule has 0 atom stereocenters. The van der Waals surface area contributed by atoms with E-state index in [1.165, 1.54) is 12.1 Å².